The molecule has 1 aliphatic rings. The molecule has 3 amide bonds. The summed E-state index contributed by atoms with van der Waals surface area (Å²) in [7, 11) is 0. The summed E-state index contributed by atoms with van der Waals surface area (Å²) < 4.78 is 0.948. The maximum atomic E-state index is 12.4. The Morgan fingerprint density at radius 3 is 2.62 bits per heavy atom. The fraction of sp³-hybridized carbons (Fsp3) is 0.133. The molecule has 2 aromatic rings. The number of amides is 3. The minimum Gasteiger partial charge on any atom is -0.310 e. The summed E-state index contributed by atoms with van der Waals surface area (Å²) in [5.41, 5.74) is 1.53. The second-order valence-electron chi connectivity index (χ2n) is 4.70. The van der Waals surface area contributed by atoms with Crippen molar-refractivity contribution in [2.75, 3.05) is 11.4 Å². The average molecular weight is 346 g/mol. The number of nitrogens with zero attached hydrogens (tertiary/aromatic N) is 3. The molecular weight excluding hydrogens is 334 g/mol. The van der Waals surface area contributed by atoms with E-state index in [-0.39, 0.29) is 18.5 Å². The van der Waals surface area contributed by atoms with Gasteiger partial charge in [0.05, 0.1) is 5.69 Å². The van der Waals surface area contributed by atoms with Crippen LogP contribution in [-0.4, -0.2) is 28.4 Å². The number of halogens is 1. The number of hydrogen-bond acceptors (Lipinski definition) is 3. The number of hydrogen-bond donors (Lipinski definition) is 0. The number of carbonyl (C=O) groups is 2. The molecule has 0 spiro atoms. The van der Waals surface area contributed by atoms with Crippen LogP contribution in [0, 0.1) is 0 Å². The van der Waals surface area contributed by atoms with Crippen LogP contribution in [-0.2, 0) is 11.3 Å². The van der Waals surface area contributed by atoms with Gasteiger partial charge >= 0.3 is 6.03 Å². The highest BCUT2D eigenvalue weighted by Gasteiger charge is 2.36. The standard InChI is InChI=1S/C15H12BrN3O2/c16-12-3-1-2-11(8-12)9-18-10-14(20)19(15(18)21)13-4-6-17-7-5-13/h1-8H,9-10H2. The van der Waals surface area contributed by atoms with E-state index in [1.54, 1.807) is 24.5 Å². The lowest BCUT2D eigenvalue weighted by atomic mass is 10.2. The van der Waals surface area contributed by atoms with Crippen molar-refractivity contribution in [3.8, 4) is 0 Å². The lowest BCUT2D eigenvalue weighted by molar-refractivity contribution is -0.116. The Labute approximate surface area is 130 Å². The smallest absolute Gasteiger partial charge is 0.310 e. The molecule has 0 aliphatic carbocycles. The van der Waals surface area contributed by atoms with Crippen molar-refractivity contribution in [2.45, 2.75) is 6.54 Å². The predicted octanol–water partition coefficient (Wildman–Crippen LogP) is 2.81. The summed E-state index contributed by atoms with van der Waals surface area (Å²) in [6.07, 6.45) is 3.12. The topological polar surface area (TPSA) is 53.5 Å². The van der Waals surface area contributed by atoms with Crippen LogP contribution in [0.25, 0.3) is 0 Å². The van der Waals surface area contributed by atoms with Gasteiger partial charge in [0.2, 0.25) is 0 Å². The number of rotatable bonds is 3. The lowest BCUT2D eigenvalue weighted by Crippen LogP contribution is -2.32. The number of pyridine rings is 1. The molecule has 1 saturated heterocycles. The van der Waals surface area contributed by atoms with Crippen molar-refractivity contribution in [3.63, 3.8) is 0 Å². The first-order chi connectivity index (χ1) is 10.1. The summed E-state index contributed by atoms with van der Waals surface area (Å²) in [6, 6.07) is 10.7. The van der Waals surface area contributed by atoms with Crippen LogP contribution in [0.5, 0.6) is 0 Å². The van der Waals surface area contributed by atoms with Gasteiger partial charge in [-0.15, -0.1) is 0 Å². The molecule has 6 heteroatoms. The van der Waals surface area contributed by atoms with Gasteiger partial charge in [-0.25, -0.2) is 9.69 Å². The summed E-state index contributed by atoms with van der Waals surface area (Å²) in [6.45, 7) is 0.499. The Bertz CT molecular complexity index is 690. The van der Waals surface area contributed by atoms with Crippen LogP contribution in [0.15, 0.2) is 53.3 Å². The average Bonchev–Trinajstić information content (AvgIpc) is 2.74. The van der Waals surface area contributed by atoms with Gasteiger partial charge < -0.3 is 4.90 Å². The van der Waals surface area contributed by atoms with Gasteiger partial charge in [-0.2, -0.15) is 0 Å². The molecule has 0 saturated carbocycles. The Morgan fingerprint density at radius 2 is 1.90 bits per heavy atom. The highest BCUT2D eigenvalue weighted by Crippen LogP contribution is 2.22. The Kier molecular flexibility index (Phi) is 3.70. The third-order valence-corrected chi connectivity index (χ3v) is 3.71. The zero-order valence-corrected chi connectivity index (χ0v) is 12.7. The lowest BCUT2D eigenvalue weighted by Gasteiger charge is -2.17. The minimum absolute atomic E-state index is 0.0909. The van der Waals surface area contributed by atoms with Crippen LogP contribution >= 0.6 is 15.9 Å². The molecular formula is C15H12BrN3O2. The molecule has 0 N–H and O–H groups in total. The van der Waals surface area contributed by atoms with E-state index < -0.39 is 0 Å². The van der Waals surface area contributed by atoms with Gasteiger partial charge in [-0.1, -0.05) is 28.1 Å². The number of imide groups is 1. The first-order valence-corrected chi connectivity index (χ1v) is 7.21. The van der Waals surface area contributed by atoms with Crippen molar-refractivity contribution in [2.24, 2.45) is 0 Å². The summed E-state index contributed by atoms with van der Waals surface area (Å²) in [4.78, 5) is 31.1. The maximum absolute atomic E-state index is 12.4. The molecule has 5 nitrogen and oxygen atoms in total. The number of urea groups is 1. The van der Waals surface area contributed by atoms with Gasteiger partial charge in [-0.3, -0.25) is 9.78 Å². The number of benzene rings is 1. The zero-order chi connectivity index (χ0) is 14.8. The van der Waals surface area contributed by atoms with Crippen molar-refractivity contribution in [3.05, 3.63) is 58.8 Å². The van der Waals surface area contributed by atoms with Crippen molar-refractivity contribution in [1.82, 2.24) is 9.88 Å². The van der Waals surface area contributed by atoms with Gasteiger partial charge in [0, 0.05) is 23.4 Å². The van der Waals surface area contributed by atoms with Crippen LogP contribution in [0.3, 0.4) is 0 Å². The van der Waals surface area contributed by atoms with E-state index in [1.165, 1.54) is 9.80 Å². The second kappa shape index (κ2) is 5.65. The van der Waals surface area contributed by atoms with Crippen LogP contribution in [0.1, 0.15) is 5.56 Å². The monoisotopic (exact) mass is 345 g/mol. The number of carbonyl (C=O) groups excluding carboxylic acids is 2. The van der Waals surface area contributed by atoms with Gasteiger partial charge in [0.1, 0.15) is 6.54 Å². The van der Waals surface area contributed by atoms with E-state index in [0.717, 1.165) is 10.0 Å². The van der Waals surface area contributed by atoms with Crippen molar-refractivity contribution >= 4 is 33.6 Å². The van der Waals surface area contributed by atoms with Gasteiger partial charge in [0.15, 0.2) is 0 Å². The molecule has 2 heterocycles. The number of anilines is 1. The summed E-state index contributed by atoms with van der Waals surface area (Å²) in [5, 5.41) is 0. The van der Waals surface area contributed by atoms with Gasteiger partial charge in [0.25, 0.3) is 5.91 Å². The fourth-order valence-corrected chi connectivity index (χ4v) is 2.72. The molecule has 0 atom stereocenters. The highest BCUT2D eigenvalue weighted by molar-refractivity contribution is 9.10. The van der Waals surface area contributed by atoms with Crippen molar-refractivity contribution in [1.29, 1.82) is 0 Å². The van der Waals surface area contributed by atoms with E-state index in [1.807, 2.05) is 24.3 Å². The second-order valence-corrected chi connectivity index (χ2v) is 5.62. The Balaban J connectivity index is 1.81. The SMILES string of the molecule is O=C1CN(Cc2cccc(Br)c2)C(=O)N1c1ccncc1. The molecule has 106 valence electrons. The predicted molar refractivity (Wildman–Crippen MR) is 81.7 cm³/mol. The van der Waals surface area contributed by atoms with Crippen molar-refractivity contribution < 1.29 is 9.59 Å². The molecule has 1 aromatic heterocycles. The quantitative estimate of drug-likeness (QED) is 0.803. The molecule has 0 bridgehead atoms. The van der Waals surface area contributed by atoms with E-state index in [9.17, 15) is 9.59 Å². The van der Waals surface area contributed by atoms with E-state index in [0.29, 0.717) is 12.2 Å². The molecule has 1 aromatic carbocycles. The molecule has 0 unspecified atom stereocenters. The molecule has 1 aliphatic heterocycles. The minimum atomic E-state index is -0.300. The molecule has 0 radical (unpaired) electrons. The Hall–Kier alpha value is -2.21. The number of aromatic nitrogens is 1. The summed E-state index contributed by atoms with van der Waals surface area (Å²) in [5.74, 6) is -0.221. The van der Waals surface area contributed by atoms with Crippen LogP contribution < -0.4 is 4.90 Å². The van der Waals surface area contributed by atoms with E-state index in [4.69, 9.17) is 0 Å². The maximum Gasteiger partial charge on any atom is 0.332 e. The zero-order valence-electron chi connectivity index (χ0n) is 11.1. The molecule has 1 fully saturated rings. The third kappa shape index (κ3) is 2.80. The molecule has 21 heavy (non-hydrogen) atoms. The van der Waals surface area contributed by atoms with Crippen LogP contribution in [0.2, 0.25) is 0 Å². The third-order valence-electron chi connectivity index (χ3n) is 3.22. The highest BCUT2D eigenvalue weighted by atomic mass is 79.9. The fourth-order valence-electron chi connectivity index (χ4n) is 2.28. The normalized spacial score (nSPS) is 14.9. The summed E-state index contributed by atoms with van der Waals surface area (Å²) >= 11 is 3.40. The molecule has 3 rings (SSSR count). The largest absolute Gasteiger partial charge is 0.332 e. The van der Waals surface area contributed by atoms with Crippen LogP contribution in [0.4, 0.5) is 10.5 Å². The first kappa shape index (κ1) is 13.8. The first-order valence-electron chi connectivity index (χ1n) is 6.41. The van der Waals surface area contributed by atoms with E-state index in [2.05, 4.69) is 20.9 Å². The van der Waals surface area contributed by atoms with Gasteiger partial charge in [-0.05, 0) is 29.8 Å². The Morgan fingerprint density at radius 1 is 1.14 bits per heavy atom. The van der Waals surface area contributed by atoms with E-state index >= 15 is 0 Å².